The first kappa shape index (κ1) is 16.5. The molecule has 8 nitrogen and oxygen atoms in total. The van der Waals surface area contributed by atoms with Gasteiger partial charge < -0.3 is 5.32 Å². The Morgan fingerprint density at radius 1 is 1.00 bits per heavy atom. The molecule has 0 atom stereocenters. The molecule has 138 valence electrons. The molecule has 3 aromatic heterocycles. The van der Waals surface area contributed by atoms with Gasteiger partial charge in [0.25, 0.3) is 11.7 Å². The van der Waals surface area contributed by atoms with Gasteiger partial charge in [-0.05, 0) is 37.8 Å². The Balaban J connectivity index is 1.39. The van der Waals surface area contributed by atoms with Gasteiger partial charge >= 0.3 is 0 Å². The van der Waals surface area contributed by atoms with E-state index in [1.807, 2.05) is 30.5 Å². The lowest BCUT2D eigenvalue weighted by molar-refractivity contribution is 0.102. The molecule has 1 aliphatic rings. The normalized spacial score (nSPS) is 13.3. The molecule has 0 unspecified atom stereocenters. The van der Waals surface area contributed by atoms with Crippen LogP contribution in [-0.4, -0.2) is 35.5 Å². The Hall–Kier alpha value is -3.68. The Bertz CT molecular complexity index is 1110. The van der Waals surface area contributed by atoms with E-state index in [0.29, 0.717) is 11.5 Å². The summed E-state index contributed by atoms with van der Waals surface area (Å²) < 4.78 is 1.75. The fourth-order valence-electron chi connectivity index (χ4n) is 3.34. The average Bonchev–Trinajstić information content (AvgIpc) is 3.16. The van der Waals surface area contributed by atoms with Crippen molar-refractivity contribution in [2.24, 2.45) is 0 Å². The minimum absolute atomic E-state index is 0.271. The number of hydrogen-bond acceptors (Lipinski definition) is 6. The van der Waals surface area contributed by atoms with Crippen LogP contribution in [0.1, 0.15) is 34.7 Å². The second kappa shape index (κ2) is 6.80. The molecule has 0 spiro atoms. The smallest absolute Gasteiger partial charge is 0.275 e. The van der Waals surface area contributed by atoms with Crippen molar-refractivity contribution in [3.63, 3.8) is 0 Å². The van der Waals surface area contributed by atoms with Crippen molar-refractivity contribution in [2.75, 3.05) is 5.32 Å². The summed E-state index contributed by atoms with van der Waals surface area (Å²) in [6, 6.07) is 7.49. The molecule has 1 aliphatic carbocycles. The topological polar surface area (TPSA) is 98.0 Å². The van der Waals surface area contributed by atoms with Crippen LogP contribution in [0, 0.1) is 0 Å². The number of fused-ring (bicyclic) bond motifs is 2. The number of amides is 1. The number of imidazole rings is 1. The zero-order chi connectivity index (χ0) is 18.9. The van der Waals surface area contributed by atoms with E-state index in [1.165, 1.54) is 18.6 Å². The molecule has 1 aromatic carbocycles. The number of hydrogen-bond donors (Lipinski definition) is 1. The minimum atomic E-state index is -0.299. The van der Waals surface area contributed by atoms with Crippen LogP contribution in [-0.2, 0) is 12.8 Å². The predicted octanol–water partition coefficient (Wildman–Crippen LogP) is 2.71. The van der Waals surface area contributed by atoms with Gasteiger partial charge in [0.05, 0.1) is 29.5 Å². The zero-order valence-electron chi connectivity index (χ0n) is 15.0. The van der Waals surface area contributed by atoms with Crippen LogP contribution in [0.3, 0.4) is 0 Å². The monoisotopic (exact) mass is 371 g/mol. The van der Waals surface area contributed by atoms with Crippen LogP contribution in [0.2, 0.25) is 0 Å². The third kappa shape index (κ3) is 3.09. The van der Waals surface area contributed by atoms with Crippen LogP contribution in [0.15, 0.2) is 49.1 Å². The lowest BCUT2D eigenvalue weighted by Gasteiger charge is -2.12. The second-order valence-electron chi connectivity index (χ2n) is 6.71. The highest BCUT2D eigenvalue weighted by molar-refractivity contribution is 6.02. The molecule has 5 rings (SSSR count). The molecule has 0 aliphatic heterocycles. The number of carbonyl (C=O) groups is 1. The number of carbonyl (C=O) groups excluding carboxylic acids is 1. The number of aromatic nitrogens is 6. The summed E-state index contributed by atoms with van der Waals surface area (Å²) in [6.07, 6.45) is 10.6. The number of rotatable bonds is 3. The highest BCUT2D eigenvalue weighted by Gasteiger charge is 2.15. The Morgan fingerprint density at radius 3 is 2.61 bits per heavy atom. The van der Waals surface area contributed by atoms with E-state index in [-0.39, 0.29) is 11.6 Å². The molecular formula is C20H17N7O. The van der Waals surface area contributed by atoms with E-state index < -0.39 is 0 Å². The number of benzene rings is 1. The molecule has 0 saturated carbocycles. The summed E-state index contributed by atoms with van der Waals surface area (Å²) in [5.41, 5.74) is 4.82. The third-order valence-corrected chi connectivity index (χ3v) is 4.78. The zero-order valence-corrected chi connectivity index (χ0v) is 15.0. The number of anilines is 1. The van der Waals surface area contributed by atoms with Crippen molar-refractivity contribution in [2.45, 2.75) is 25.7 Å². The summed E-state index contributed by atoms with van der Waals surface area (Å²) in [7, 11) is 0. The molecule has 0 radical (unpaired) electrons. The first-order chi connectivity index (χ1) is 13.8. The van der Waals surface area contributed by atoms with Gasteiger partial charge in [-0.25, -0.2) is 19.5 Å². The predicted molar refractivity (Wildman–Crippen MR) is 103 cm³/mol. The molecule has 28 heavy (non-hydrogen) atoms. The van der Waals surface area contributed by atoms with E-state index in [2.05, 4.69) is 30.4 Å². The van der Waals surface area contributed by atoms with Crippen molar-refractivity contribution in [1.82, 2.24) is 29.5 Å². The van der Waals surface area contributed by atoms with Crippen LogP contribution in [0.5, 0.6) is 0 Å². The summed E-state index contributed by atoms with van der Waals surface area (Å²) in [5.74, 6) is 0.322. The van der Waals surface area contributed by atoms with E-state index in [1.54, 1.807) is 4.52 Å². The SMILES string of the molecule is O=C(Nc1ccc(-c2cn3nc4c(nc3n2)CCCC4)cc1)c1cnccn1. The fraction of sp³-hybridized carbons (Fsp3) is 0.200. The van der Waals surface area contributed by atoms with Crippen LogP contribution < -0.4 is 5.32 Å². The van der Waals surface area contributed by atoms with Crippen molar-refractivity contribution in [1.29, 1.82) is 0 Å². The summed E-state index contributed by atoms with van der Waals surface area (Å²) in [5, 5.41) is 7.48. The Kier molecular flexibility index (Phi) is 4.01. The van der Waals surface area contributed by atoms with Gasteiger partial charge in [-0.1, -0.05) is 12.1 Å². The van der Waals surface area contributed by atoms with Crippen LogP contribution in [0.4, 0.5) is 5.69 Å². The maximum absolute atomic E-state index is 12.2. The molecule has 0 bridgehead atoms. The molecule has 3 heterocycles. The van der Waals surface area contributed by atoms with E-state index >= 15 is 0 Å². The van der Waals surface area contributed by atoms with Gasteiger partial charge in [0, 0.05) is 23.6 Å². The van der Waals surface area contributed by atoms with E-state index in [9.17, 15) is 4.79 Å². The van der Waals surface area contributed by atoms with Gasteiger partial charge in [0.1, 0.15) is 5.69 Å². The Labute approximate surface area is 160 Å². The highest BCUT2D eigenvalue weighted by atomic mass is 16.1. The van der Waals surface area contributed by atoms with Gasteiger partial charge in [-0.3, -0.25) is 9.78 Å². The second-order valence-corrected chi connectivity index (χ2v) is 6.71. The van der Waals surface area contributed by atoms with Gasteiger partial charge in [-0.15, -0.1) is 0 Å². The molecular weight excluding hydrogens is 354 g/mol. The van der Waals surface area contributed by atoms with Gasteiger partial charge in [-0.2, -0.15) is 5.10 Å². The third-order valence-electron chi connectivity index (χ3n) is 4.78. The molecule has 0 saturated heterocycles. The largest absolute Gasteiger partial charge is 0.321 e. The molecule has 1 amide bonds. The van der Waals surface area contributed by atoms with Crippen molar-refractivity contribution in [3.8, 4) is 11.3 Å². The molecule has 0 fully saturated rings. The maximum Gasteiger partial charge on any atom is 0.275 e. The summed E-state index contributed by atoms with van der Waals surface area (Å²) >= 11 is 0. The fourth-order valence-corrected chi connectivity index (χ4v) is 3.34. The quantitative estimate of drug-likeness (QED) is 0.595. The van der Waals surface area contributed by atoms with E-state index in [0.717, 1.165) is 48.3 Å². The number of nitrogens with zero attached hydrogens (tertiary/aromatic N) is 6. The van der Waals surface area contributed by atoms with E-state index in [4.69, 9.17) is 0 Å². The lowest BCUT2D eigenvalue weighted by Crippen LogP contribution is -2.13. The maximum atomic E-state index is 12.2. The number of aryl methyl sites for hydroxylation is 2. The Morgan fingerprint density at radius 2 is 1.82 bits per heavy atom. The molecule has 8 heteroatoms. The van der Waals surface area contributed by atoms with Gasteiger partial charge in [0.15, 0.2) is 0 Å². The molecule has 4 aromatic rings. The summed E-state index contributed by atoms with van der Waals surface area (Å²) in [4.78, 5) is 29.4. The standard InChI is InChI=1S/C20H17N7O/c28-19(17-11-21-9-10-22-17)23-14-7-5-13(6-8-14)18-12-27-20(25-18)24-15-3-1-2-4-16(15)26-27/h5-12H,1-4H2,(H,23,28). The number of nitrogens with one attached hydrogen (secondary N) is 1. The van der Waals surface area contributed by atoms with Crippen LogP contribution >= 0.6 is 0 Å². The minimum Gasteiger partial charge on any atom is -0.321 e. The summed E-state index contributed by atoms with van der Waals surface area (Å²) in [6.45, 7) is 0. The lowest BCUT2D eigenvalue weighted by atomic mass is 10.0. The van der Waals surface area contributed by atoms with Crippen molar-refractivity contribution < 1.29 is 4.79 Å². The van der Waals surface area contributed by atoms with Crippen molar-refractivity contribution in [3.05, 3.63) is 66.1 Å². The van der Waals surface area contributed by atoms with Gasteiger partial charge in [0.2, 0.25) is 0 Å². The van der Waals surface area contributed by atoms with Crippen LogP contribution in [0.25, 0.3) is 17.0 Å². The highest BCUT2D eigenvalue weighted by Crippen LogP contribution is 2.23. The van der Waals surface area contributed by atoms with Crippen molar-refractivity contribution >= 4 is 17.4 Å². The average molecular weight is 371 g/mol. The molecule has 1 N–H and O–H groups in total. The first-order valence-corrected chi connectivity index (χ1v) is 9.19. The first-order valence-electron chi connectivity index (χ1n) is 9.19.